The van der Waals surface area contributed by atoms with E-state index in [0.717, 1.165) is 25.7 Å². The molecule has 5 rings (SSSR count). The number of hydrogen-bond donors (Lipinski definition) is 4. The smallest absolute Gasteiger partial charge is 0.164 e. The first-order valence-electron chi connectivity index (χ1n) is 10.6. The van der Waals surface area contributed by atoms with Crippen LogP contribution in [0.2, 0.25) is 0 Å². The first kappa shape index (κ1) is 18.5. The van der Waals surface area contributed by atoms with E-state index in [4.69, 9.17) is 4.74 Å². The number of ether oxygens (including phenoxy) is 1. The van der Waals surface area contributed by atoms with Crippen LogP contribution in [0, 0.1) is 28.6 Å². The van der Waals surface area contributed by atoms with Gasteiger partial charge in [0.15, 0.2) is 12.1 Å². The maximum absolute atomic E-state index is 12.4. The van der Waals surface area contributed by atoms with Crippen molar-refractivity contribution in [1.82, 2.24) is 0 Å². The predicted molar refractivity (Wildman–Crippen MR) is 95.4 cm³/mol. The minimum Gasteiger partial charge on any atom is -0.393 e. The second kappa shape index (κ2) is 5.54. The van der Waals surface area contributed by atoms with Crippen LogP contribution < -0.4 is 0 Å². The normalized spacial score (nSPS) is 59.1. The molecule has 5 fully saturated rings. The average molecular weight is 380 g/mol. The van der Waals surface area contributed by atoms with Gasteiger partial charge in [0.1, 0.15) is 6.61 Å². The third-order valence-corrected chi connectivity index (χ3v) is 9.69. The van der Waals surface area contributed by atoms with Crippen molar-refractivity contribution < 1.29 is 30.0 Å². The summed E-state index contributed by atoms with van der Waals surface area (Å²) in [5, 5.41) is 42.3. The van der Waals surface area contributed by atoms with Crippen LogP contribution in [-0.2, 0) is 9.53 Å². The van der Waals surface area contributed by atoms with Crippen LogP contribution in [0.25, 0.3) is 0 Å². The van der Waals surface area contributed by atoms with Gasteiger partial charge in [-0.05, 0) is 62.7 Å². The Balaban J connectivity index is 1.57. The molecule has 0 amide bonds. The number of fused-ring (bicyclic) bond motifs is 1. The second-order valence-electron chi connectivity index (χ2n) is 10.3. The van der Waals surface area contributed by atoms with Crippen molar-refractivity contribution in [2.24, 2.45) is 28.6 Å². The third kappa shape index (κ3) is 1.97. The zero-order valence-corrected chi connectivity index (χ0v) is 16.1. The highest BCUT2D eigenvalue weighted by Gasteiger charge is 2.79. The van der Waals surface area contributed by atoms with Crippen LogP contribution in [0.4, 0.5) is 0 Å². The van der Waals surface area contributed by atoms with Crippen molar-refractivity contribution in [2.75, 3.05) is 6.61 Å². The Morgan fingerprint density at radius 1 is 1.04 bits per heavy atom. The number of rotatable bonds is 2. The fraction of sp³-hybridized carbons (Fsp3) is 0.952. The van der Waals surface area contributed by atoms with E-state index in [-0.39, 0.29) is 29.0 Å². The number of hydrogen-bond acceptors (Lipinski definition) is 6. The minimum absolute atomic E-state index is 0.0623. The highest BCUT2D eigenvalue weighted by atomic mass is 16.6. The maximum Gasteiger partial charge on any atom is 0.164 e. The molecule has 0 aromatic rings. The van der Waals surface area contributed by atoms with Crippen molar-refractivity contribution in [2.45, 2.75) is 88.3 Å². The first-order valence-corrected chi connectivity index (χ1v) is 10.6. The summed E-state index contributed by atoms with van der Waals surface area (Å²) in [7, 11) is 0. The van der Waals surface area contributed by atoms with Gasteiger partial charge in [0.2, 0.25) is 0 Å². The van der Waals surface area contributed by atoms with E-state index in [2.05, 4.69) is 6.92 Å². The molecule has 4 saturated carbocycles. The lowest BCUT2D eigenvalue weighted by molar-refractivity contribution is -0.231. The van der Waals surface area contributed by atoms with E-state index in [0.29, 0.717) is 32.1 Å². The molecule has 6 nitrogen and oxygen atoms in total. The number of ketones is 1. The van der Waals surface area contributed by atoms with Gasteiger partial charge in [0, 0.05) is 18.3 Å². The van der Waals surface area contributed by atoms with E-state index in [1.54, 1.807) is 0 Å². The molecule has 4 N–H and O–H groups in total. The predicted octanol–water partition coefficient (Wildman–Crippen LogP) is 1.13. The van der Waals surface area contributed by atoms with Gasteiger partial charge in [-0.3, -0.25) is 4.79 Å². The Morgan fingerprint density at radius 3 is 2.56 bits per heavy atom. The lowest BCUT2D eigenvalue weighted by Gasteiger charge is -2.62. The molecule has 4 aliphatic carbocycles. The molecule has 1 aliphatic heterocycles. The average Bonchev–Trinajstić information content (AvgIpc) is 3.07. The number of aliphatic hydroxyl groups excluding tert-OH is 3. The topological polar surface area (TPSA) is 107 Å². The molecule has 27 heavy (non-hydrogen) atoms. The summed E-state index contributed by atoms with van der Waals surface area (Å²) >= 11 is 0. The van der Waals surface area contributed by atoms with Crippen molar-refractivity contribution in [3.8, 4) is 0 Å². The van der Waals surface area contributed by atoms with Crippen molar-refractivity contribution in [3.63, 3.8) is 0 Å². The van der Waals surface area contributed by atoms with Crippen LogP contribution in [-0.4, -0.2) is 56.4 Å². The fourth-order valence-corrected chi connectivity index (χ4v) is 8.63. The first-order chi connectivity index (χ1) is 12.7. The Hall–Kier alpha value is -0.530. The third-order valence-electron chi connectivity index (χ3n) is 9.69. The number of carbonyl (C=O) groups excluding carboxylic acids is 1. The van der Waals surface area contributed by atoms with Crippen molar-refractivity contribution in [3.05, 3.63) is 0 Å². The maximum atomic E-state index is 12.4. The van der Waals surface area contributed by atoms with E-state index in [1.165, 1.54) is 0 Å². The number of Topliss-reactive ketones (excluding diaryl/α,β-unsaturated/α-hetero) is 1. The molecule has 1 heterocycles. The molecule has 5 aliphatic rings. The van der Waals surface area contributed by atoms with Gasteiger partial charge in [-0.2, -0.15) is 0 Å². The van der Waals surface area contributed by atoms with Gasteiger partial charge in [-0.1, -0.05) is 6.92 Å². The lowest BCUT2D eigenvalue weighted by Crippen LogP contribution is -2.67. The quantitative estimate of drug-likeness (QED) is 0.572. The fourth-order valence-electron chi connectivity index (χ4n) is 8.63. The minimum atomic E-state index is -1.08. The van der Waals surface area contributed by atoms with Crippen LogP contribution in [0.15, 0.2) is 0 Å². The molecule has 152 valence electrons. The Bertz CT molecular complexity index is 667. The summed E-state index contributed by atoms with van der Waals surface area (Å²) in [5.74, 6) is 0.00676. The largest absolute Gasteiger partial charge is 0.393 e. The van der Waals surface area contributed by atoms with Gasteiger partial charge in [-0.25, -0.2) is 0 Å². The van der Waals surface area contributed by atoms with Crippen LogP contribution in [0.3, 0.4) is 0 Å². The summed E-state index contributed by atoms with van der Waals surface area (Å²) in [4.78, 5) is 12.4. The van der Waals surface area contributed by atoms with Gasteiger partial charge >= 0.3 is 0 Å². The van der Waals surface area contributed by atoms with Gasteiger partial charge in [0.05, 0.1) is 22.7 Å². The number of aliphatic hydroxyl groups is 4. The monoisotopic (exact) mass is 380 g/mol. The summed E-state index contributed by atoms with van der Waals surface area (Å²) in [5.41, 5.74) is -2.50. The summed E-state index contributed by atoms with van der Waals surface area (Å²) in [6.07, 6.45) is 4.46. The van der Waals surface area contributed by atoms with Crippen molar-refractivity contribution >= 4 is 5.78 Å². The zero-order chi connectivity index (χ0) is 19.2. The van der Waals surface area contributed by atoms with Gasteiger partial charge in [0.25, 0.3) is 0 Å². The zero-order valence-electron chi connectivity index (χ0n) is 16.1. The summed E-state index contributed by atoms with van der Waals surface area (Å²) in [6, 6.07) is 0. The Kier molecular flexibility index (Phi) is 3.79. The molecule has 0 aromatic heterocycles. The molecule has 1 spiro atoms. The standard InChI is InChI=1S/C21H32O6/c1-18-6-5-16-20-7-4-12(23)10-19(20,26)8-9-21(16,27-17(20)25)15(18)3-2-13(18)14(24)11-22/h12-13,15-17,22-23,25-26H,2-11H2,1H3/t12?,13-,15?,16?,17?,18?,19?,20?,21?/m0/s1. The molecule has 0 aromatic carbocycles. The highest BCUT2D eigenvalue weighted by Crippen LogP contribution is 2.75. The number of carbonyl (C=O) groups is 1. The van der Waals surface area contributed by atoms with E-state index in [9.17, 15) is 25.2 Å². The molecular formula is C21H32O6. The van der Waals surface area contributed by atoms with Crippen LogP contribution in [0.5, 0.6) is 0 Å². The van der Waals surface area contributed by atoms with Crippen molar-refractivity contribution in [1.29, 1.82) is 0 Å². The molecule has 1 saturated heterocycles. The highest BCUT2D eigenvalue weighted by molar-refractivity contribution is 5.83. The van der Waals surface area contributed by atoms with Crippen LogP contribution in [0.1, 0.15) is 64.7 Å². The molecular weight excluding hydrogens is 348 g/mol. The van der Waals surface area contributed by atoms with E-state index >= 15 is 0 Å². The van der Waals surface area contributed by atoms with Gasteiger partial charge < -0.3 is 25.2 Å². The van der Waals surface area contributed by atoms with E-state index < -0.39 is 35.6 Å². The van der Waals surface area contributed by atoms with E-state index in [1.807, 2.05) is 0 Å². The van der Waals surface area contributed by atoms with Crippen LogP contribution >= 0.6 is 0 Å². The Labute approximate surface area is 159 Å². The molecule has 0 radical (unpaired) electrons. The molecule has 9 atom stereocenters. The molecule has 2 bridgehead atoms. The molecule has 6 heteroatoms. The summed E-state index contributed by atoms with van der Waals surface area (Å²) in [6.45, 7) is 1.76. The van der Waals surface area contributed by atoms with Gasteiger partial charge in [-0.15, -0.1) is 0 Å². The lowest BCUT2D eigenvalue weighted by atomic mass is 9.42. The second-order valence-corrected chi connectivity index (χ2v) is 10.3. The molecule has 8 unspecified atom stereocenters. The Morgan fingerprint density at radius 2 is 1.81 bits per heavy atom. The summed E-state index contributed by atoms with van der Waals surface area (Å²) < 4.78 is 6.42. The SMILES string of the molecule is CC12CCC3C4(CCC5(O)CC(O)CCC35C(O)O4)C1CC[C@H]2C(=O)CO.